The van der Waals surface area contributed by atoms with E-state index in [0.29, 0.717) is 18.4 Å². The van der Waals surface area contributed by atoms with Gasteiger partial charge in [0.2, 0.25) is 5.89 Å². The Hall–Kier alpha value is -1.72. The molecule has 1 aliphatic rings. The average Bonchev–Trinajstić information content (AvgIpc) is 2.94. The van der Waals surface area contributed by atoms with Crippen LogP contribution in [0.5, 0.6) is 0 Å². The van der Waals surface area contributed by atoms with Gasteiger partial charge in [-0.3, -0.25) is 4.90 Å². The third-order valence-electron chi connectivity index (χ3n) is 3.78. The minimum absolute atomic E-state index is 0.119. The molecule has 0 aliphatic carbocycles. The number of aromatic nitrogens is 2. The summed E-state index contributed by atoms with van der Waals surface area (Å²) in [6, 6.07) is 10.4. The Bertz CT molecular complexity index is 583. The molecule has 1 aromatic heterocycles. The number of hydrogen-bond donors (Lipinski definition) is 0. The molecule has 3 rings (SSSR count). The first-order valence-electron chi connectivity index (χ1n) is 7.91. The lowest BCUT2D eigenvalue weighted by molar-refractivity contribution is -0.0355. The van der Waals surface area contributed by atoms with Crippen LogP contribution >= 0.6 is 0 Å². The van der Waals surface area contributed by atoms with E-state index in [1.54, 1.807) is 0 Å². The molecule has 1 unspecified atom stereocenters. The minimum Gasteiger partial charge on any atom is -0.371 e. The van der Waals surface area contributed by atoms with Crippen molar-refractivity contribution in [2.24, 2.45) is 5.92 Å². The van der Waals surface area contributed by atoms with Gasteiger partial charge in [0.1, 0.15) is 0 Å². The van der Waals surface area contributed by atoms with Crippen molar-refractivity contribution < 1.29 is 9.26 Å². The highest BCUT2D eigenvalue weighted by Crippen LogP contribution is 2.22. The van der Waals surface area contributed by atoms with Crippen LogP contribution in [-0.2, 0) is 17.7 Å². The van der Waals surface area contributed by atoms with Gasteiger partial charge in [-0.05, 0) is 11.5 Å². The SMILES string of the molecule is CC(C)Cc1noc(CN2CCOC(c3ccccc3)C2)n1. The fourth-order valence-corrected chi connectivity index (χ4v) is 2.71. The van der Waals surface area contributed by atoms with Gasteiger partial charge in [0.05, 0.1) is 19.3 Å². The first kappa shape index (κ1) is 15.2. The quantitative estimate of drug-likeness (QED) is 0.850. The molecule has 0 N–H and O–H groups in total. The largest absolute Gasteiger partial charge is 0.371 e. The first-order valence-corrected chi connectivity index (χ1v) is 7.91. The number of nitrogens with zero attached hydrogens (tertiary/aromatic N) is 3. The summed E-state index contributed by atoms with van der Waals surface area (Å²) in [6.07, 6.45) is 0.979. The summed E-state index contributed by atoms with van der Waals surface area (Å²) in [5.74, 6) is 2.04. The summed E-state index contributed by atoms with van der Waals surface area (Å²) in [5, 5.41) is 4.06. The van der Waals surface area contributed by atoms with Crippen LogP contribution in [0.3, 0.4) is 0 Å². The Labute approximate surface area is 131 Å². The van der Waals surface area contributed by atoms with Crippen LogP contribution in [0.1, 0.15) is 37.2 Å². The van der Waals surface area contributed by atoms with Crippen molar-refractivity contribution in [1.82, 2.24) is 15.0 Å². The monoisotopic (exact) mass is 301 g/mol. The van der Waals surface area contributed by atoms with Gasteiger partial charge < -0.3 is 9.26 Å². The van der Waals surface area contributed by atoms with Crippen molar-refractivity contribution in [3.8, 4) is 0 Å². The van der Waals surface area contributed by atoms with Gasteiger partial charge in [0.15, 0.2) is 5.82 Å². The number of benzene rings is 1. The predicted octanol–water partition coefficient (Wildman–Crippen LogP) is 2.84. The molecule has 2 aromatic rings. The standard InChI is InChI=1S/C17H23N3O2/c1-13(2)10-16-18-17(22-19-16)12-20-8-9-21-15(11-20)14-6-4-3-5-7-14/h3-7,13,15H,8-12H2,1-2H3. The van der Waals surface area contributed by atoms with Crippen molar-refractivity contribution in [2.45, 2.75) is 32.9 Å². The van der Waals surface area contributed by atoms with Crippen LogP contribution in [0.2, 0.25) is 0 Å². The zero-order valence-corrected chi connectivity index (χ0v) is 13.2. The summed E-state index contributed by atoms with van der Waals surface area (Å²) in [4.78, 5) is 6.80. The molecule has 22 heavy (non-hydrogen) atoms. The molecule has 2 heterocycles. The molecule has 0 bridgehead atoms. The number of morpholine rings is 1. The van der Waals surface area contributed by atoms with Gasteiger partial charge in [0.25, 0.3) is 0 Å². The van der Waals surface area contributed by atoms with Gasteiger partial charge in [-0.1, -0.05) is 49.3 Å². The lowest BCUT2D eigenvalue weighted by Gasteiger charge is -2.32. The molecule has 1 atom stereocenters. The van der Waals surface area contributed by atoms with E-state index >= 15 is 0 Å². The Morgan fingerprint density at radius 3 is 2.86 bits per heavy atom. The Kier molecular flexibility index (Phi) is 4.85. The summed E-state index contributed by atoms with van der Waals surface area (Å²) >= 11 is 0. The zero-order valence-electron chi connectivity index (χ0n) is 13.2. The topological polar surface area (TPSA) is 51.4 Å². The smallest absolute Gasteiger partial charge is 0.240 e. The fourth-order valence-electron chi connectivity index (χ4n) is 2.71. The number of hydrogen-bond acceptors (Lipinski definition) is 5. The van der Waals surface area contributed by atoms with Crippen LogP contribution in [-0.4, -0.2) is 34.7 Å². The van der Waals surface area contributed by atoms with E-state index in [4.69, 9.17) is 9.26 Å². The third kappa shape index (κ3) is 3.93. The molecule has 0 saturated carbocycles. The van der Waals surface area contributed by atoms with E-state index in [-0.39, 0.29) is 6.10 Å². The molecule has 0 amide bonds. The van der Waals surface area contributed by atoms with Crippen LogP contribution < -0.4 is 0 Å². The van der Waals surface area contributed by atoms with Crippen molar-refractivity contribution in [1.29, 1.82) is 0 Å². The van der Waals surface area contributed by atoms with Gasteiger partial charge in [0, 0.05) is 19.5 Å². The van der Waals surface area contributed by atoms with Crippen molar-refractivity contribution in [3.05, 3.63) is 47.6 Å². The highest BCUT2D eigenvalue weighted by Gasteiger charge is 2.23. The van der Waals surface area contributed by atoms with E-state index in [2.05, 4.69) is 41.0 Å². The van der Waals surface area contributed by atoms with Crippen LogP contribution in [0.4, 0.5) is 0 Å². The lowest BCUT2D eigenvalue weighted by atomic mass is 10.1. The number of ether oxygens (including phenoxy) is 1. The molecular formula is C17H23N3O2. The third-order valence-corrected chi connectivity index (χ3v) is 3.78. The predicted molar refractivity (Wildman–Crippen MR) is 83.3 cm³/mol. The Balaban J connectivity index is 1.59. The molecule has 1 saturated heterocycles. The van der Waals surface area contributed by atoms with Gasteiger partial charge >= 0.3 is 0 Å². The second-order valence-electron chi connectivity index (χ2n) is 6.21. The van der Waals surface area contributed by atoms with Crippen LogP contribution in [0.25, 0.3) is 0 Å². The molecule has 1 aliphatic heterocycles. The van der Waals surface area contributed by atoms with Crippen LogP contribution in [0, 0.1) is 5.92 Å². The maximum Gasteiger partial charge on any atom is 0.240 e. The van der Waals surface area contributed by atoms with E-state index < -0.39 is 0 Å². The van der Waals surface area contributed by atoms with E-state index in [9.17, 15) is 0 Å². The molecule has 0 radical (unpaired) electrons. The van der Waals surface area contributed by atoms with Crippen LogP contribution in [0.15, 0.2) is 34.9 Å². The van der Waals surface area contributed by atoms with Gasteiger partial charge in [-0.25, -0.2) is 0 Å². The molecule has 5 heteroatoms. The van der Waals surface area contributed by atoms with E-state index in [1.165, 1.54) is 5.56 Å². The van der Waals surface area contributed by atoms with Gasteiger partial charge in [-0.15, -0.1) is 0 Å². The molecule has 5 nitrogen and oxygen atoms in total. The molecule has 1 aromatic carbocycles. The normalized spacial score (nSPS) is 19.7. The minimum atomic E-state index is 0.119. The van der Waals surface area contributed by atoms with Gasteiger partial charge in [-0.2, -0.15) is 4.98 Å². The fraction of sp³-hybridized carbons (Fsp3) is 0.529. The molecule has 0 spiro atoms. The van der Waals surface area contributed by atoms with E-state index in [0.717, 1.165) is 31.9 Å². The summed E-state index contributed by atoms with van der Waals surface area (Å²) < 4.78 is 11.2. The average molecular weight is 301 g/mol. The second-order valence-corrected chi connectivity index (χ2v) is 6.21. The van der Waals surface area contributed by atoms with Crippen molar-refractivity contribution in [2.75, 3.05) is 19.7 Å². The Morgan fingerprint density at radius 2 is 2.09 bits per heavy atom. The summed E-state index contributed by atoms with van der Waals surface area (Å²) in [5.41, 5.74) is 1.22. The highest BCUT2D eigenvalue weighted by molar-refractivity contribution is 5.18. The maximum absolute atomic E-state index is 5.88. The second kappa shape index (κ2) is 7.03. The Morgan fingerprint density at radius 1 is 1.27 bits per heavy atom. The number of rotatable bonds is 5. The van der Waals surface area contributed by atoms with Crippen molar-refractivity contribution >= 4 is 0 Å². The maximum atomic E-state index is 5.88. The molecular weight excluding hydrogens is 278 g/mol. The first-order chi connectivity index (χ1) is 10.7. The molecule has 1 fully saturated rings. The molecule has 118 valence electrons. The van der Waals surface area contributed by atoms with E-state index in [1.807, 2.05) is 18.2 Å². The summed E-state index contributed by atoms with van der Waals surface area (Å²) in [6.45, 7) is 7.48. The van der Waals surface area contributed by atoms with Crippen molar-refractivity contribution in [3.63, 3.8) is 0 Å². The highest BCUT2D eigenvalue weighted by atomic mass is 16.5. The lowest BCUT2D eigenvalue weighted by Crippen LogP contribution is -2.37. The zero-order chi connectivity index (χ0) is 15.4. The summed E-state index contributed by atoms with van der Waals surface area (Å²) in [7, 11) is 0.